The Morgan fingerprint density at radius 1 is 0.690 bits per heavy atom. The van der Waals surface area contributed by atoms with E-state index in [1.54, 1.807) is 17.7 Å². The molecular weight excluding hydrogens is 357 g/mol. The molecular formula is C27H24FN. The molecule has 1 aliphatic heterocycles. The minimum Gasteiger partial charge on any atom is -0.298 e. The second-order valence-corrected chi connectivity index (χ2v) is 7.89. The Morgan fingerprint density at radius 3 is 1.83 bits per heavy atom. The normalized spacial score (nSPS) is 16.3. The topological polar surface area (TPSA) is 3.24 Å². The fraction of sp³-hybridized carbons (Fsp3) is 0.185. The van der Waals surface area contributed by atoms with Crippen molar-refractivity contribution >= 4 is 17.7 Å². The lowest BCUT2D eigenvalue weighted by Crippen LogP contribution is -2.30. The molecule has 144 valence electrons. The first-order valence-corrected chi connectivity index (χ1v) is 10.3. The third-order valence-electron chi connectivity index (χ3n) is 6.04. The lowest BCUT2D eigenvalue weighted by atomic mass is 9.86. The van der Waals surface area contributed by atoms with Crippen molar-refractivity contribution in [3.63, 3.8) is 0 Å². The number of piperidine rings is 1. The minimum absolute atomic E-state index is 0.168. The molecule has 0 amide bonds. The van der Waals surface area contributed by atoms with E-state index in [-0.39, 0.29) is 5.82 Å². The summed E-state index contributed by atoms with van der Waals surface area (Å²) in [4.78, 5) is 2.48. The van der Waals surface area contributed by atoms with Crippen LogP contribution in [-0.2, 0) is 6.54 Å². The van der Waals surface area contributed by atoms with Gasteiger partial charge in [-0.15, -0.1) is 0 Å². The first kappa shape index (κ1) is 18.1. The third kappa shape index (κ3) is 3.68. The van der Waals surface area contributed by atoms with Crippen molar-refractivity contribution in [3.8, 4) is 0 Å². The van der Waals surface area contributed by atoms with Crippen LogP contribution in [0.15, 0.2) is 78.4 Å². The lowest BCUT2D eigenvalue weighted by molar-refractivity contribution is 0.248. The Morgan fingerprint density at radius 2 is 1.24 bits per heavy atom. The average Bonchev–Trinajstić information content (AvgIpc) is 2.93. The van der Waals surface area contributed by atoms with Crippen LogP contribution in [0.25, 0.3) is 17.7 Å². The minimum atomic E-state index is -0.168. The number of rotatable bonds is 2. The summed E-state index contributed by atoms with van der Waals surface area (Å²) in [5.41, 5.74) is 9.41. The summed E-state index contributed by atoms with van der Waals surface area (Å²) in [6.07, 6.45) is 6.62. The zero-order valence-corrected chi connectivity index (χ0v) is 16.4. The van der Waals surface area contributed by atoms with Crippen LogP contribution < -0.4 is 0 Å². The van der Waals surface area contributed by atoms with Crippen molar-refractivity contribution in [2.24, 2.45) is 0 Å². The van der Waals surface area contributed by atoms with Crippen molar-refractivity contribution in [1.82, 2.24) is 4.90 Å². The molecule has 1 heterocycles. The summed E-state index contributed by atoms with van der Waals surface area (Å²) in [7, 11) is 0. The maximum atomic E-state index is 13.2. The van der Waals surface area contributed by atoms with Crippen molar-refractivity contribution in [2.45, 2.75) is 19.4 Å². The van der Waals surface area contributed by atoms with E-state index in [0.29, 0.717) is 0 Å². The van der Waals surface area contributed by atoms with Crippen molar-refractivity contribution in [3.05, 3.63) is 112 Å². The molecule has 0 bridgehead atoms. The highest BCUT2D eigenvalue weighted by Crippen LogP contribution is 2.38. The zero-order chi connectivity index (χ0) is 19.6. The maximum Gasteiger partial charge on any atom is 0.123 e. The van der Waals surface area contributed by atoms with Gasteiger partial charge in [0.1, 0.15) is 5.82 Å². The van der Waals surface area contributed by atoms with Gasteiger partial charge in [0.2, 0.25) is 0 Å². The maximum absolute atomic E-state index is 13.2. The molecule has 0 N–H and O–H groups in total. The lowest BCUT2D eigenvalue weighted by Gasteiger charge is -2.30. The quantitative estimate of drug-likeness (QED) is 0.388. The van der Waals surface area contributed by atoms with Gasteiger partial charge in [0.15, 0.2) is 0 Å². The van der Waals surface area contributed by atoms with Gasteiger partial charge in [-0.3, -0.25) is 4.90 Å². The molecule has 0 atom stereocenters. The van der Waals surface area contributed by atoms with E-state index in [1.165, 1.54) is 33.4 Å². The van der Waals surface area contributed by atoms with Gasteiger partial charge in [-0.25, -0.2) is 4.39 Å². The van der Waals surface area contributed by atoms with E-state index in [4.69, 9.17) is 0 Å². The Labute approximate surface area is 171 Å². The molecule has 0 radical (unpaired) electrons. The molecule has 2 aliphatic rings. The van der Waals surface area contributed by atoms with Gasteiger partial charge in [0.05, 0.1) is 0 Å². The van der Waals surface area contributed by atoms with Crippen molar-refractivity contribution in [2.75, 3.05) is 13.1 Å². The number of nitrogens with zero attached hydrogens (tertiary/aromatic N) is 1. The van der Waals surface area contributed by atoms with Gasteiger partial charge >= 0.3 is 0 Å². The zero-order valence-electron chi connectivity index (χ0n) is 16.4. The van der Waals surface area contributed by atoms with Gasteiger partial charge in [-0.1, -0.05) is 78.4 Å². The third-order valence-corrected chi connectivity index (χ3v) is 6.04. The molecule has 1 fully saturated rings. The molecule has 3 aromatic rings. The smallest absolute Gasteiger partial charge is 0.123 e. The van der Waals surface area contributed by atoms with Crippen LogP contribution >= 0.6 is 0 Å². The highest BCUT2D eigenvalue weighted by molar-refractivity contribution is 5.94. The molecule has 0 spiro atoms. The predicted octanol–water partition coefficient (Wildman–Crippen LogP) is 6.41. The van der Waals surface area contributed by atoms with Gasteiger partial charge in [-0.2, -0.15) is 0 Å². The summed E-state index contributed by atoms with van der Waals surface area (Å²) in [6.45, 7) is 2.96. The fourth-order valence-corrected chi connectivity index (χ4v) is 4.52. The highest BCUT2D eigenvalue weighted by Gasteiger charge is 2.22. The number of hydrogen-bond acceptors (Lipinski definition) is 1. The molecule has 2 heteroatoms. The van der Waals surface area contributed by atoms with E-state index in [9.17, 15) is 4.39 Å². The van der Waals surface area contributed by atoms with Crippen LogP contribution in [0.5, 0.6) is 0 Å². The number of hydrogen-bond donors (Lipinski definition) is 0. The van der Waals surface area contributed by atoms with Crippen molar-refractivity contribution in [1.29, 1.82) is 0 Å². The van der Waals surface area contributed by atoms with Crippen LogP contribution in [0.3, 0.4) is 0 Å². The van der Waals surface area contributed by atoms with E-state index in [1.807, 2.05) is 12.1 Å². The number of fused-ring (bicyclic) bond motifs is 2. The number of halogens is 1. The molecule has 3 aromatic carbocycles. The molecule has 0 unspecified atom stereocenters. The summed E-state index contributed by atoms with van der Waals surface area (Å²) in [6, 6.07) is 24.4. The molecule has 1 aliphatic carbocycles. The molecule has 0 aromatic heterocycles. The van der Waals surface area contributed by atoms with Crippen molar-refractivity contribution < 1.29 is 4.39 Å². The number of likely N-dealkylation sites (tertiary alicyclic amines) is 1. The van der Waals surface area contributed by atoms with Crippen LogP contribution in [0.1, 0.15) is 40.7 Å². The van der Waals surface area contributed by atoms with E-state index >= 15 is 0 Å². The molecule has 1 nitrogen and oxygen atoms in total. The Hall–Kier alpha value is -2.97. The molecule has 1 saturated heterocycles. The largest absolute Gasteiger partial charge is 0.298 e. The van der Waals surface area contributed by atoms with Gasteiger partial charge in [-0.05, 0) is 58.4 Å². The van der Waals surface area contributed by atoms with E-state index in [2.05, 4.69) is 65.6 Å². The van der Waals surface area contributed by atoms with Gasteiger partial charge < -0.3 is 0 Å². The fourth-order valence-electron chi connectivity index (χ4n) is 4.52. The first-order valence-electron chi connectivity index (χ1n) is 10.3. The predicted molar refractivity (Wildman–Crippen MR) is 119 cm³/mol. The van der Waals surface area contributed by atoms with E-state index in [0.717, 1.165) is 32.5 Å². The summed E-state index contributed by atoms with van der Waals surface area (Å²) >= 11 is 0. The van der Waals surface area contributed by atoms with Crippen LogP contribution in [0.2, 0.25) is 0 Å². The molecule has 5 rings (SSSR count). The summed E-state index contributed by atoms with van der Waals surface area (Å²) < 4.78 is 13.2. The number of benzene rings is 3. The Kier molecular flexibility index (Phi) is 4.87. The van der Waals surface area contributed by atoms with Gasteiger partial charge in [0.25, 0.3) is 0 Å². The van der Waals surface area contributed by atoms with Crippen LogP contribution in [0.4, 0.5) is 4.39 Å². The second-order valence-electron chi connectivity index (χ2n) is 7.89. The highest BCUT2D eigenvalue weighted by atomic mass is 19.1. The Balaban J connectivity index is 1.46. The molecule has 0 saturated carbocycles. The second kappa shape index (κ2) is 7.81. The SMILES string of the molecule is Fc1ccc(CN2CCC(=C3c4ccccc4C=Cc4ccccc43)CC2)cc1. The van der Waals surface area contributed by atoms with E-state index < -0.39 is 0 Å². The van der Waals surface area contributed by atoms with Crippen LogP contribution in [-0.4, -0.2) is 18.0 Å². The summed E-state index contributed by atoms with van der Waals surface area (Å²) in [5.74, 6) is -0.168. The first-order chi connectivity index (χ1) is 14.3. The Bertz CT molecular complexity index is 1030. The van der Waals surface area contributed by atoms with Crippen LogP contribution in [0, 0.1) is 5.82 Å². The standard InChI is InChI=1S/C27H24FN/c28-24-13-9-20(10-14-24)19-29-17-15-23(16-18-29)27-25-7-3-1-5-21(25)11-12-22-6-2-4-8-26(22)27/h1-14H,15-19H2. The monoisotopic (exact) mass is 381 g/mol. The molecule has 29 heavy (non-hydrogen) atoms. The average molecular weight is 381 g/mol. The van der Waals surface area contributed by atoms with Gasteiger partial charge in [0, 0.05) is 19.6 Å². The summed E-state index contributed by atoms with van der Waals surface area (Å²) in [5, 5.41) is 0.